The van der Waals surface area contributed by atoms with E-state index in [1.54, 1.807) is 0 Å². The number of carbonyl (C=O) groups is 2. The van der Waals surface area contributed by atoms with Crippen molar-refractivity contribution < 1.29 is 31.9 Å². The van der Waals surface area contributed by atoms with Crippen molar-refractivity contribution >= 4 is 27.5 Å². The van der Waals surface area contributed by atoms with E-state index < -0.39 is 34.3 Å². The van der Waals surface area contributed by atoms with Gasteiger partial charge in [-0.25, -0.2) is 12.8 Å². The number of nitrogens with zero attached hydrogens (tertiary/aromatic N) is 2. The summed E-state index contributed by atoms with van der Waals surface area (Å²) < 4.78 is 53.4. The molecule has 0 aliphatic rings. The number of sulfonamides is 1. The monoisotopic (exact) mass is 613 g/mol. The first-order valence-electron chi connectivity index (χ1n) is 14.3. The van der Waals surface area contributed by atoms with Gasteiger partial charge in [-0.1, -0.05) is 50.6 Å². The molecule has 0 saturated carbocycles. The highest BCUT2D eigenvalue weighted by Gasteiger charge is 2.33. The predicted molar refractivity (Wildman–Crippen MR) is 164 cm³/mol. The number of ether oxygens (including phenoxy) is 2. The van der Waals surface area contributed by atoms with Crippen LogP contribution < -0.4 is 19.1 Å². The number of hydrogen-bond donors (Lipinski definition) is 1. The van der Waals surface area contributed by atoms with Crippen LogP contribution in [-0.2, 0) is 26.0 Å². The second kappa shape index (κ2) is 15.9. The van der Waals surface area contributed by atoms with Crippen molar-refractivity contribution in [2.45, 2.75) is 50.5 Å². The fraction of sp³-hybridized carbons (Fsp3) is 0.375. The Bertz CT molecular complexity index is 1450. The second-order valence-electron chi connectivity index (χ2n) is 9.90. The standard InChI is InChI=1S/C32H40FN3O6S/c1-5-7-20-34-32(38)28(6-2)35(21-19-24-11-9-8-10-12-24)31(37)23-36(26-15-13-25(33)14-16-26)43(39,40)27-17-18-29(41-3)30(22-27)42-4/h8-18,22,28H,5-7,19-21,23H2,1-4H3,(H,34,38)/t28-/m1/s1. The van der Waals surface area contributed by atoms with Crippen molar-refractivity contribution in [3.63, 3.8) is 0 Å². The summed E-state index contributed by atoms with van der Waals surface area (Å²) in [5, 5.41) is 2.91. The van der Waals surface area contributed by atoms with Crippen LogP contribution in [0.4, 0.5) is 10.1 Å². The Balaban J connectivity index is 2.02. The van der Waals surface area contributed by atoms with Crippen molar-refractivity contribution in [2.75, 3.05) is 38.2 Å². The Morgan fingerprint density at radius 1 is 0.930 bits per heavy atom. The largest absolute Gasteiger partial charge is 0.493 e. The predicted octanol–water partition coefficient (Wildman–Crippen LogP) is 4.80. The van der Waals surface area contributed by atoms with E-state index in [9.17, 15) is 22.4 Å². The second-order valence-corrected chi connectivity index (χ2v) is 11.8. The third-order valence-corrected chi connectivity index (χ3v) is 8.81. The van der Waals surface area contributed by atoms with Crippen LogP contribution in [0, 0.1) is 5.82 Å². The van der Waals surface area contributed by atoms with Gasteiger partial charge < -0.3 is 19.7 Å². The van der Waals surface area contributed by atoms with Crippen molar-refractivity contribution in [2.24, 2.45) is 0 Å². The lowest BCUT2D eigenvalue weighted by Crippen LogP contribution is -2.53. The molecular formula is C32H40FN3O6S. The van der Waals surface area contributed by atoms with Gasteiger partial charge >= 0.3 is 0 Å². The highest BCUT2D eigenvalue weighted by Crippen LogP contribution is 2.32. The summed E-state index contributed by atoms with van der Waals surface area (Å²) in [4.78, 5) is 28.6. The minimum atomic E-state index is -4.36. The molecule has 0 bridgehead atoms. The van der Waals surface area contributed by atoms with Crippen LogP contribution in [0.15, 0.2) is 77.7 Å². The van der Waals surface area contributed by atoms with E-state index in [1.807, 2.05) is 44.2 Å². The average molecular weight is 614 g/mol. The maximum Gasteiger partial charge on any atom is 0.264 e. The number of benzene rings is 3. The minimum absolute atomic E-state index is 0.0907. The van der Waals surface area contributed by atoms with Gasteiger partial charge in [-0.3, -0.25) is 13.9 Å². The first-order valence-corrected chi connectivity index (χ1v) is 15.7. The molecule has 43 heavy (non-hydrogen) atoms. The molecule has 232 valence electrons. The normalized spacial score (nSPS) is 11.8. The van der Waals surface area contributed by atoms with E-state index in [0.29, 0.717) is 25.1 Å². The molecule has 0 heterocycles. The van der Waals surface area contributed by atoms with Crippen molar-refractivity contribution in [3.8, 4) is 11.5 Å². The van der Waals surface area contributed by atoms with Gasteiger partial charge in [0.1, 0.15) is 18.4 Å². The molecule has 0 fully saturated rings. The number of anilines is 1. The molecule has 11 heteroatoms. The van der Waals surface area contributed by atoms with Crippen molar-refractivity contribution in [1.82, 2.24) is 10.2 Å². The van der Waals surface area contributed by atoms with Gasteiger partial charge in [0.2, 0.25) is 11.8 Å². The molecule has 1 atom stereocenters. The van der Waals surface area contributed by atoms with E-state index in [2.05, 4.69) is 5.32 Å². The fourth-order valence-electron chi connectivity index (χ4n) is 4.64. The Kier molecular flexibility index (Phi) is 12.4. The Morgan fingerprint density at radius 2 is 1.60 bits per heavy atom. The molecule has 0 aliphatic heterocycles. The topological polar surface area (TPSA) is 105 Å². The summed E-state index contributed by atoms with van der Waals surface area (Å²) in [5.74, 6) is -0.904. The Labute approximate surface area is 253 Å². The van der Waals surface area contributed by atoms with E-state index in [1.165, 1.54) is 49.5 Å². The lowest BCUT2D eigenvalue weighted by Gasteiger charge is -2.33. The summed E-state index contributed by atoms with van der Waals surface area (Å²) >= 11 is 0. The van der Waals surface area contributed by atoms with Crippen LogP contribution in [0.25, 0.3) is 0 Å². The molecule has 3 aromatic carbocycles. The molecule has 2 amide bonds. The van der Waals surface area contributed by atoms with Crippen molar-refractivity contribution in [1.29, 1.82) is 0 Å². The van der Waals surface area contributed by atoms with Crippen LogP contribution in [-0.4, -0.2) is 65.0 Å². The number of halogens is 1. The molecule has 0 saturated heterocycles. The average Bonchev–Trinajstić information content (AvgIpc) is 3.02. The number of methoxy groups -OCH3 is 2. The quantitative estimate of drug-likeness (QED) is 0.233. The molecule has 0 aromatic heterocycles. The highest BCUT2D eigenvalue weighted by molar-refractivity contribution is 7.92. The van der Waals surface area contributed by atoms with Gasteiger partial charge in [-0.15, -0.1) is 0 Å². The number of unbranched alkanes of at least 4 members (excludes halogenated alkanes) is 1. The molecule has 9 nitrogen and oxygen atoms in total. The lowest BCUT2D eigenvalue weighted by molar-refractivity contribution is -0.139. The summed E-state index contributed by atoms with van der Waals surface area (Å²) in [6.07, 6.45) is 2.48. The van der Waals surface area contributed by atoms with E-state index >= 15 is 0 Å². The molecule has 0 unspecified atom stereocenters. The molecule has 0 radical (unpaired) electrons. The number of amides is 2. The molecule has 3 aromatic rings. The van der Waals surface area contributed by atoms with Gasteiger partial charge in [-0.05, 0) is 61.2 Å². The zero-order valence-electron chi connectivity index (χ0n) is 25.1. The lowest BCUT2D eigenvalue weighted by atomic mass is 10.1. The smallest absolute Gasteiger partial charge is 0.264 e. The van der Waals surface area contributed by atoms with E-state index in [0.717, 1.165) is 34.8 Å². The SMILES string of the molecule is CCCCNC(=O)[C@@H](CC)N(CCc1ccccc1)C(=O)CN(c1ccc(F)cc1)S(=O)(=O)c1ccc(OC)c(OC)c1. The van der Waals surface area contributed by atoms with Crippen LogP contribution >= 0.6 is 0 Å². The number of hydrogen-bond acceptors (Lipinski definition) is 6. The number of rotatable bonds is 16. The van der Waals surface area contributed by atoms with Crippen LogP contribution in [0.5, 0.6) is 11.5 Å². The molecule has 0 spiro atoms. The van der Waals surface area contributed by atoms with Crippen molar-refractivity contribution in [3.05, 3.63) is 84.2 Å². The fourth-order valence-corrected chi connectivity index (χ4v) is 6.07. The van der Waals surface area contributed by atoms with Gasteiger partial charge in [-0.2, -0.15) is 0 Å². The molecular weight excluding hydrogens is 573 g/mol. The maximum absolute atomic E-state index is 14.1. The Hall–Kier alpha value is -4.12. The van der Waals surface area contributed by atoms with E-state index in [4.69, 9.17) is 9.47 Å². The van der Waals surface area contributed by atoms with Gasteiger partial charge in [0.25, 0.3) is 10.0 Å². The first kappa shape index (κ1) is 33.4. The molecule has 0 aliphatic carbocycles. The number of nitrogens with one attached hydrogen (secondary N) is 1. The van der Waals surface area contributed by atoms with Crippen LogP contribution in [0.1, 0.15) is 38.7 Å². The maximum atomic E-state index is 14.1. The highest BCUT2D eigenvalue weighted by atomic mass is 32.2. The summed E-state index contributed by atoms with van der Waals surface area (Å²) in [7, 11) is -1.55. The van der Waals surface area contributed by atoms with Gasteiger partial charge in [0.15, 0.2) is 11.5 Å². The third kappa shape index (κ3) is 8.70. The van der Waals surface area contributed by atoms with Gasteiger partial charge in [0, 0.05) is 19.2 Å². The minimum Gasteiger partial charge on any atom is -0.493 e. The molecule has 3 rings (SSSR count). The summed E-state index contributed by atoms with van der Waals surface area (Å²) in [6, 6.07) is 17.7. The van der Waals surface area contributed by atoms with Gasteiger partial charge in [0.05, 0.1) is 24.8 Å². The molecule has 1 N–H and O–H groups in total. The Morgan fingerprint density at radius 3 is 2.21 bits per heavy atom. The van der Waals surface area contributed by atoms with Crippen LogP contribution in [0.3, 0.4) is 0 Å². The summed E-state index contributed by atoms with van der Waals surface area (Å²) in [6.45, 7) is 3.88. The third-order valence-electron chi connectivity index (χ3n) is 7.04. The first-order chi connectivity index (χ1) is 20.7. The van der Waals surface area contributed by atoms with E-state index in [-0.39, 0.29) is 28.8 Å². The van der Waals surface area contributed by atoms with Crippen LogP contribution in [0.2, 0.25) is 0 Å². The zero-order valence-corrected chi connectivity index (χ0v) is 25.9. The zero-order chi connectivity index (χ0) is 31.4. The summed E-state index contributed by atoms with van der Waals surface area (Å²) in [5.41, 5.74) is 1.06. The number of carbonyl (C=O) groups excluding carboxylic acids is 2.